The van der Waals surface area contributed by atoms with Crippen molar-refractivity contribution in [2.75, 3.05) is 5.32 Å². The quantitative estimate of drug-likeness (QED) is 0.887. The van der Waals surface area contributed by atoms with Gasteiger partial charge in [0.1, 0.15) is 5.75 Å². The molecule has 2 unspecified atom stereocenters. The number of aliphatic hydroxyl groups is 1. The summed E-state index contributed by atoms with van der Waals surface area (Å²) >= 11 is 0. The number of hydrogen-bond donors (Lipinski definition) is 2. The number of hydrogen-bond acceptors (Lipinski definition) is 3. The number of aliphatic hydroxyl groups excluding tert-OH is 1. The Labute approximate surface area is 119 Å². The van der Waals surface area contributed by atoms with Crippen LogP contribution in [-0.2, 0) is 0 Å². The van der Waals surface area contributed by atoms with Crippen molar-refractivity contribution < 1.29 is 9.84 Å². The summed E-state index contributed by atoms with van der Waals surface area (Å²) in [5, 5.41) is 13.3. The largest absolute Gasteiger partial charge is 0.455 e. The highest BCUT2D eigenvalue weighted by molar-refractivity contribution is 5.58. The monoisotopic (exact) mass is 269 g/mol. The molecule has 0 saturated heterocycles. The molecule has 0 spiro atoms. The SMILES string of the molecule is OC1CCCC1Nc1ccccc1Oc1ccccc1. The van der Waals surface area contributed by atoms with E-state index in [1.54, 1.807) is 0 Å². The fourth-order valence-corrected chi connectivity index (χ4v) is 2.60. The highest BCUT2D eigenvalue weighted by Gasteiger charge is 2.25. The van der Waals surface area contributed by atoms with E-state index in [0.29, 0.717) is 0 Å². The molecule has 3 nitrogen and oxygen atoms in total. The Balaban J connectivity index is 1.77. The molecule has 0 aliphatic heterocycles. The second-order valence-corrected chi connectivity index (χ2v) is 5.16. The maximum absolute atomic E-state index is 9.93. The van der Waals surface area contributed by atoms with Crippen LogP contribution in [0.25, 0.3) is 0 Å². The summed E-state index contributed by atoms with van der Waals surface area (Å²) in [5.74, 6) is 1.60. The molecule has 1 aliphatic carbocycles. The first kappa shape index (κ1) is 13.0. The third kappa shape index (κ3) is 2.94. The number of ether oxygens (including phenoxy) is 1. The van der Waals surface area contributed by atoms with Crippen molar-refractivity contribution in [1.82, 2.24) is 0 Å². The standard InChI is InChI=1S/C17H19NO2/c19-16-11-6-10-14(16)18-15-9-4-5-12-17(15)20-13-7-2-1-3-8-13/h1-5,7-9,12,14,16,18-19H,6,10-11H2. The molecule has 1 fully saturated rings. The van der Waals surface area contributed by atoms with Crippen LogP contribution in [0.2, 0.25) is 0 Å². The van der Waals surface area contributed by atoms with Crippen molar-refractivity contribution in [2.24, 2.45) is 0 Å². The zero-order valence-electron chi connectivity index (χ0n) is 11.3. The van der Waals surface area contributed by atoms with Crippen LogP contribution in [0, 0.1) is 0 Å². The third-order valence-electron chi connectivity index (χ3n) is 3.68. The molecule has 2 atom stereocenters. The number of nitrogens with one attached hydrogen (secondary N) is 1. The van der Waals surface area contributed by atoms with Crippen LogP contribution in [0.3, 0.4) is 0 Å². The average Bonchev–Trinajstić information content (AvgIpc) is 2.88. The van der Waals surface area contributed by atoms with Gasteiger partial charge in [-0.3, -0.25) is 0 Å². The summed E-state index contributed by atoms with van der Waals surface area (Å²) in [4.78, 5) is 0. The van der Waals surface area contributed by atoms with Crippen LogP contribution >= 0.6 is 0 Å². The minimum absolute atomic E-state index is 0.121. The van der Waals surface area contributed by atoms with Crippen molar-refractivity contribution in [3.05, 3.63) is 54.6 Å². The van der Waals surface area contributed by atoms with Crippen LogP contribution in [-0.4, -0.2) is 17.3 Å². The first-order valence-corrected chi connectivity index (χ1v) is 7.09. The van der Waals surface area contributed by atoms with Gasteiger partial charge < -0.3 is 15.2 Å². The van der Waals surface area contributed by atoms with Crippen LogP contribution in [0.4, 0.5) is 5.69 Å². The smallest absolute Gasteiger partial charge is 0.150 e. The van der Waals surface area contributed by atoms with Crippen molar-refractivity contribution in [2.45, 2.75) is 31.4 Å². The molecule has 0 heterocycles. The minimum atomic E-state index is -0.264. The van der Waals surface area contributed by atoms with Crippen molar-refractivity contribution in [1.29, 1.82) is 0 Å². The van der Waals surface area contributed by atoms with Crippen molar-refractivity contribution in [3.8, 4) is 11.5 Å². The van der Waals surface area contributed by atoms with Gasteiger partial charge in [0, 0.05) is 0 Å². The van der Waals surface area contributed by atoms with Gasteiger partial charge in [0.05, 0.1) is 17.8 Å². The Morgan fingerprint density at radius 2 is 1.70 bits per heavy atom. The molecule has 0 radical (unpaired) electrons. The van der Waals surface area contributed by atoms with Crippen LogP contribution < -0.4 is 10.1 Å². The fourth-order valence-electron chi connectivity index (χ4n) is 2.60. The van der Waals surface area contributed by atoms with Crippen LogP contribution in [0.5, 0.6) is 11.5 Å². The Hall–Kier alpha value is -2.00. The maximum atomic E-state index is 9.93. The average molecular weight is 269 g/mol. The topological polar surface area (TPSA) is 41.5 Å². The van der Waals surface area contributed by atoms with Crippen LogP contribution in [0.15, 0.2) is 54.6 Å². The molecule has 1 aliphatic rings. The summed E-state index contributed by atoms with van der Waals surface area (Å²) in [6, 6.07) is 17.7. The van der Waals surface area contributed by atoms with E-state index in [-0.39, 0.29) is 12.1 Å². The number of benzene rings is 2. The molecule has 3 heteroatoms. The van der Waals surface area contributed by atoms with Gasteiger partial charge >= 0.3 is 0 Å². The summed E-state index contributed by atoms with van der Waals surface area (Å²) in [6.07, 6.45) is 2.68. The number of anilines is 1. The van der Waals surface area contributed by atoms with Crippen molar-refractivity contribution in [3.63, 3.8) is 0 Å². The molecular formula is C17H19NO2. The lowest BCUT2D eigenvalue weighted by Crippen LogP contribution is -2.28. The molecule has 20 heavy (non-hydrogen) atoms. The van der Waals surface area contributed by atoms with Gasteiger partial charge in [0.2, 0.25) is 0 Å². The van der Waals surface area contributed by atoms with E-state index < -0.39 is 0 Å². The van der Waals surface area contributed by atoms with Crippen molar-refractivity contribution >= 4 is 5.69 Å². The normalized spacial score (nSPS) is 21.6. The molecule has 104 valence electrons. The molecule has 2 aromatic rings. The Morgan fingerprint density at radius 3 is 2.45 bits per heavy atom. The molecule has 2 N–H and O–H groups in total. The zero-order valence-corrected chi connectivity index (χ0v) is 11.3. The van der Waals surface area contributed by atoms with Gasteiger partial charge in [-0.05, 0) is 43.5 Å². The predicted molar refractivity (Wildman–Crippen MR) is 80.2 cm³/mol. The Kier molecular flexibility index (Phi) is 3.88. The first-order chi connectivity index (χ1) is 9.83. The summed E-state index contributed by atoms with van der Waals surface area (Å²) in [5.41, 5.74) is 0.933. The Morgan fingerprint density at radius 1 is 0.950 bits per heavy atom. The second-order valence-electron chi connectivity index (χ2n) is 5.16. The fraction of sp³-hybridized carbons (Fsp3) is 0.294. The maximum Gasteiger partial charge on any atom is 0.150 e. The first-order valence-electron chi connectivity index (χ1n) is 7.09. The lowest BCUT2D eigenvalue weighted by atomic mass is 10.2. The number of para-hydroxylation sites is 3. The molecule has 3 rings (SSSR count). The van der Waals surface area contributed by atoms with Gasteiger partial charge in [0.15, 0.2) is 5.75 Å². The second kappa shape index (κ2) is 5.97. The van der Waals surface area contributed by atoms with Gasteiger partial charge in [-0.2, -0.15) is 0 Å². The molecule has 1 saturated carbocycles. The van der Waals surface area contributed by atoms with Gasteiger partial charge in [-0.15, -0.1) is 0 Å². The molecule has 0 amide bonds. The van der Waals surface area contributed by atoms with E-state index in [1.807, 2.05) is 54.6 Å². The van der Waals surface area contributed by atoms with Gasteiger partial charge in [0.25, 0.3) is 0 Å². The lowest BCUT2D eigenvalue weighted by Gasteiger charge is -2.20. The van der Waals surface area contributed by atoms with E-state index in [0.717, 1.165) is 36.4 Å². The zero-order chi connectivity index (χ0) is 13.8. The highest BCUT2D eigenvalue weighted by Crippen LogP contribution is 2.32. The third-order valence-corrected chi connectivity index (χ3v) is 3.68. The summed E-state index contributed by atoms with van der Waals surface area (Å²) < 4.78 is 5.91. The number of rotatable bonds is 4. The molecule has 0 aromatic heterocycles. The van der Waals surface area contributed by atoms with E-state index in [2.05, 4.69) is 5.32 Å². The van der Waals surface area contributed by atoms with E-state index in [1.165, 1.54) is 0 Å². The van der Waals surface area contributed by atoms with Gasteiger partial charge in [-0.1, -0.05) is 30.3 Å². The van der Waals surface area contributed by atoms with E-state index >= 15 is 0 Å². The molecule has 2 aromatic carbocycles. The van der Waals surface area contributed by atoms with Gasteiger partial charge in [-0.25, -0.2) is 0 Å². The van der Waals surface area contributed by atoms with Crippen LogP contribution in [0.1, 0.15) is 19.3 Å². The summed E-state index contributed by atoms with van der Waals surface area (Å²) in [6.45, 7) is 0. The minimum Gasteiger partial charge on any atom is -0.455 e. The predicted octanol–water partition coefficient (Wildman–Crippen LogP) is 3.80. The van der Waals surface area contributed by atoms with E-state index in [4.69, 9.17) is 4.74 Å². The molecular weight excluding hydrogens is 250 g/mol. The lowest BCUT2D eigenvalue weighted by molar-refractivity contribution is 0.171. The molecule has 0 bridgehead atoms. The summed E-state index contributed by atoms with van der Waals surface area (Å²) in [7, 11) is 0. The van der Waals surface area contributed by atoms with E-state index in [9.17, 15) is 5.11 Å². The Bertz CT molecular complexity index is 556. The highest BCUT2D eigenvalue weighted by atomic mass is 16.5.